The summed E-state index contributed by atoms with van der Waals surface area (Å²) in [6.07, 6.45) is -0.809. The van der Waals surface area contributed by atoms with E-state index in [1.165, 1.54) is 20.8 Å². The summed E-state index contributed by atoms with van der Waals surface area (Å²) < 4.78 is 0. The van der Waals surface area contributed by atoms with Gasteiger partial charge in [0, 0.05) is 13.0 Å². The highest BCUT2D eigenvalue weighted by Gasteiger charge is 2.40. The maximum absolute atomic E-state index is 11.4. The van der Waals surface area contributed by atoms with Gasteiger partial charge in [0.1, 0.15) is 11.6 Å². The molecule has 0 saturated carbocycles. The Morgan fingerprint density at radius 2 is 1.86 bits per heavy atom. The fourth-order valence-electron chi connectivity index (χ4n) is 1.68. The van der Waals surface area contributed by atoms with Crippen LogP contribution in [0.25, 0.3) is 0 Å². The number of rotatable bonds is 6. The third-order valence-electron chi connectivity index (χ3n) is 2.62. The van der Waals surface area contributed by atoms with Gasteiger partial charge in [-0.05, 0) is 27.2 Å². The number of ketones is 2. The van der Waals surface area contributed by atoms with E-state index >= 15 is 0 Å². The normalized spacial score (nSPS) is 17.2. The van der Waals surface area contributed by atoms with E-state index in [1.807, 2.05) is 0 Å². The van der Waals surface area contributed by atoms with Gasteiger partial charge in [-0.25, -0.2) is 0 Å². The molecular weight excluding hydrogens is 184 g/mol. The molecule has 82 valence electrons. The summed E-state index contributed by atoms with van der Waals surface area (Å²) in [5.41, 5.74) is -1.11. The van der Waals surface area contributed by atoms with Crippen LogP contribution in [0.15, 0.2) is 0 Å². The maximum Gasteiger partial charge on any atom is 0.139 e. The molecule has 2 N–H and O–H groups in total. The Morgan fingerprint density at radius 3 is 2.07 bits per heavy atom. The predicted octanol–water partition coefficient (Wildman–Crippen LogP) is 0.304. The molecular formula is C10H18O4. The smallest absolute Gasteiger partial charge is 0.139 e. The van der Waals surface area contributed by atoms with Gasteiger partial charge in [-0.1, -0.05) is 0 Å². The average molecular weight is 202 g/mol. The Balaban J connectivity index is 4.93. The second-order valence-electron chi connectivity index (χ2n) is 3.74. The summed E-state index contributed by atoms with van der Waals surface area (Å²) in [6, 6.07) is 0. The maximum atomic E-state index is 11.4. The Morgan fingerprint density at radius 1 is 1.36 bits per heavy atom. The molecule has 0 radical (unpaired) electrons. The Labute approximate surface area is 83.9 Å². The Bertz CT molecular complexity index is 222. The van der Waals surface area contributed by atoms with Crippen molar-refractivity contribution in [3.8, 4) is 0 Å². The molecule has 0 fully saturated rings. The van der Waals surface area contributed by atoms with E-state index in [-0.39, 0.29) is 31.0 Å². The van der Waals surface area contributed by atoms with E-state index in [4.69, 9.17) is 5.11 Å². The van der Waals surface area contributed by atoms with Gasteiger partial charge in [0.05, 0.1) is 11.5 Å². The third-order valence-corrected chi connectivity index (χ3v) is 2.62. The van der Waals surface area contributed by atoms with E-state index in [0.717, 1.165) is 0 Å². The summed E-state index contributed by atoms with van der Waals surface area (Å²) in [6.45, 7) is 3.97. The molecule has 0 aliphatic heterocycles. The standard InChI is InChI=1S/C10H18O4/c1-7(12)6-10(4-5-11,8(2)13)9(3)14/h8,11,13H,4-6H2,1-3H3. The van der Waals surface area contributed by atoms with Crippen molar-refractivity contribution in [1.29, 1.82) is 0 Å². The molecule has 0 rings (SSSR count). The first-order valence-electron chi connectivity index (χ1n) is 4.66. The van der Waals surface area contributed by atoms with Crippen LogP contribution < -0.4 is 0 Å². The van der Waals surface area contributed by atoms with Crippen LogP contribution in [-0.2, 0) is 9.59 Å². The molecule has 0 aromatic rings. The highest BCUT2D eigenvalue weighted by Crippen LogP contribution is 2.32. The number of carbonyl (C=O) groups is 2. The summed E-state index contributed by atoms with van der Waals surface area (Å²) in [5, 5.41) is 18.4. The van der Waals surface area contributed by atoms with Gasteiger partial charge < -0.3 is 10.2 Å². The van der Waals surface area contributed by atoms with Crippen LogP contribution >= 0.6 is 0 Å². The molecule has 0 aliphatic carbocycles. The van der Waals surface area contributed by atoms with Gasteiger partial charge in [-0.15, -0.1) is 0 Å². The third kappa shape index (κ3) is 2.89. The zero-order valence-electron chi connectivity index (χ0n) is 8.91. The van der Waals surface area contributed by atoms with Crippen LogP contribution in [0.3, 0.4) is 0 Å². The van der Waals surface area contributed by atoms with Crippen LogP contribution in [-0.4, -0.2) is 34.5 Å². The van der Waals surface area contributed by atoms with E-state index in [1.54, 1.807) is 0 Å². The van der Waals surface area contributed by atoms with Crippen LogP contribution in [0, 0.1) is 5.41 Å². The molecule has 0 spiro atoms. The first-order valence-corrected chi connectivity index (χ1v) is 4.66. The summed E-state index contributed by atoms with van der Waals surface area (Å²) in [7, 11) is 0. The lowest BCUT2D eigenvalue weighted by molar-refractivity contribution is -0.139. The van der Waals surface area contributed by atoms with Crippen molar-refractivity contribution >= 4 is 11.6 Å². The van der Waals surface area contributed by atoms with Crippen LogP contribution in [0.5, 0.6) is 0 Å². The largest absolute Gasteiger partial charge is 0.396 e. The van der Waals surface area contributed by atoms with Crippen molar-refractivity contribution in [2.45, 2.75) is 39.7 Å². The molecule has 4 heteroatoms. The number of hydrogen-bond acceptors (Lipinski definition) is 4. The summed E-state index contributed by atoms with van der Waals surface area (Å²) in [4.78, 5) is 22.4. The van der Waals surface area contributed by atoms with Gasteiger partial charge in [0.25, 0.3) is 0 Å². The molecule has 0 aliphatic rings. The van der Waals surface area contributed by atoms with Crippen molar-refractivity contribution in [2.24, 2.45) is 5.41 Å². The molecule has 0 bridgehead atoms. The molecule has 0 heterocycles. The van der Waals surface area contributed by atoms with Crippen molar-refractivity contribution in [3.05, 3.63) is 0 Å². The lowest BCUT2D eigenvalue weighted by Crippen LogP contribution is -2.42. The number of carbonyl (C=O) groups excluding carboxylic acids is 2. The summed E-state index contributed by atoms with van der Waals surface area (Å²) in [5.74, 6) is -0.411. The Hall–Kier alpha value is -0.740. The van der Waals surface area contributed by atoms with Crippen LogP contribution in [0.4, 0.5) is 0 Å². The van der Waals surface area contributed by atoms with Gasteiger partial charge in [0.15, 0.2) is 0 Å². The van der Waals surface area contributed by atoms with Crippen molar-refractivity contribution in [3.63, 3.8) is 0 Å². The van der Waals surface area contributed by atoms with Crippen molar-refractivity contribution in [2.75, 3.05) is 6.61 Å². The van der Waals surface area contributed by atoms with Crippen LogP contribution in [0.1, 0.15) is 33.6 Å². The lowest BCUT2D eigenvalue weighted by Gasteiger charge is -2.32. The SMILES string of the molecule is CC(=O)CC(CCO)(C(C)=O)C(C)O. The molecule has 14 heavy (non-hydrogen) atoms. The number of hydrogen-bond donors (Lipinski definition) is 2. The van der Waals surface area contributed by atoms with E-state index in [2.05, 4.69) is 0 Å². The molecule has 2 unspecified atom stereocenters. The zero-order valence-corrected chi connectivity index (χ0v) is 8.91. The quantitative estimate of drug-likeness (QED) is 0.649. The average Bonchev–Trinajstić information content (AvgIpc) is 2.01. The highest BCUT2D eigenvalue weighted by molar-refractivity contribution is 5.89. The topological polar surface area (TPSA) is 74.6 Å². The van der Waals surface area contributed by atoms with E-state index in [0.29, 0.717) is 0 Å². The molecule has 2 atom stereocenters. The number of aliphatic hydroxyl groups is 2. The predicted molar refractivity (Wildman–Crippen MR) is 51.8 cm³/mol. The van der Waals surface area contributed by atoms with Crippen molar-refractivity contribution in [1.82, 2.24) is 0 Å². The summed E-state index contributed by atoms with van der Waals surface area (Å²) >= 11 is 0. The van der Waals surface area contributed by atoms with Gasteiger partial charge in [0.2, 0.25) is 0 Å². The number of Topliss-reactive ketones (excluding diaryl/α,β-unsaturated/α-hetero) is 2. The highest BCUT2D eigenvalue weighted by atomic mass is 16.3. The fraction of sp³-hybridized carbons (Fsp3) is 0.800. The first kappa shape index (κ1) is 13.3. The monoisotopic (exact) mass is 202 g/mol. The minimum Gasteiger partial charge on any atom is -0.396 e. The molecule has 0 aromatic carbocycles. The minimum absolute atomic E-state index is 0.0133. The molecule has 0 saturated heterocycles. The van der Waals surface area contributed by atoms with Crippen molar-refractivity contribution < 1.29 is 19.8 Å². The second-order valence-corrected chi connectivity index (χ2v) is 3.74. The van der Waals surface area contributed by atoms with E-state index in [9.17, 15) is 14.7 Å². The van der Waals surface area contributed by atoms with Gasteiger partial charge in [-0.2, -0.15) is 0 Å². The first-order chi connectivity index (χ1) is 6.36. The molecule has 0 aromatic heterocycles. The Kier molecular flexibility index (Phi) is 4.94. The second kappa shape index (κ2) is 5.22. The zero-order chi connectivity index (χ0) is 11.4. The van der Waals surface area contributed by atoms with E-state index < -0.39 is 11.5 Å². The molecule has 4 nitrogen and oxygen atoms in total. The lowest BCUT2D eigenvalue weighted by atomic mass is 9.73. The van der Waals surface area contributed by atoms with Crippen LogP contribution in [0.2, 0.25) is 0 Å². The molecule has 0 amide bonds. The fourth-order valence-corrected chi connectivity index (χ4v) is 1.68. The minimum atomic E-state index is -1.11. The van der Waals surface area contributed by atoms with Gasteiger partial charge in [-0.3, -0.25) is 9.59 Å². The number of aliphatic hydroxyl groups excluding tert-OH is 2. The van der Waals surface area contributed by atoms with Gasteiger partial charge >= 0.3 is 0 Å².